The van der Waals surface area contributed by atoms with Crippen LogP contribution < -0.4 is 4.74 Å². The van der Waals surface area contributed by atoms with Crippen molar-refractivity contribution < 1.29 is 17.9 Å². The Hall–Kier alpha value is -2.02. The largest absolute Gasteiger partial charge is 0.434 e. The highest BCUT2D eigenvalue weighted by molar-refractivity contribution is 9.10. The van der Waals surface area contributed by atoms with Gasteiger partial charge in [-0.1, -0.05) is 34.1 Å². The lowest BCUT2D eigenvalue weighted by Gasteiger charge is -2.18. The maximum absolute atomic E-state index is 14.5. The summed E-state index contributed by atoms with van der Waals surface area (Å²) < 4.78 is 47.1. The molecule has 0 saturated heterocycles. The molecule has 3 nitrogen and oxygen atoms in total. The van der Waals surface area contributed by atoms with Crippen LogP contribution in [-0.2, 0) is 0 Å². The van der Waals surface area contributed by atoms with Crippen molar-refractivity contribution in [1.29, 1.82) is 0 Å². The summed E-state index contributed by atoms with van der Waals surface area (Å²) in [5.41, 5.74) is 1.96. The van der Waals surface area contributed by atoms with Crippen molar-refractivity contribution in [3.63, 3.8) is 0 Å². The first-order valence-electron chi connectivity index (χ1n) is 7.40. The molecule has 1 aliphatic rings. The highest BCUT2D eigenvalue weighted by Gasteiger charge is 2.36. The first kappa shape index (κ1) is 15.5. The Bertz CT molecular complexity index is 912. The first-order chi connectivity index (χ1) is 11.5. The average Bonchev–Trinajstić information content (AvgIpc) is 3.05. The van der Waals surface area contributed by atoms with Crippen molar-refractivity contribution in [2.24, 2.45) is 0 Å². The average molecular weight is 397 g/mol. The predicted molar refractivity (Wildman–Crippen MR) is 87.1 cm³/mol. The molecule has 0 N–H and O–H groups in total. The van der Waals surface area contributed by atoms with E-state index in [1.807, 2.05) is 12.1 Å². The van der Waals surface area contributed by atoms with E-state index in [9.17, 15) is 13.2 Å². The first-order valence-corrected chi connectivity index (χ1v) is 8.19. The van der Waals surface area contributed by atoms with Gasteiger partial charge in [-0.3, -0.25) is 0 Å². The van der Waals surface area contributed by atoms with Crippen LogP contribution in [0.25, 0.3) is 11.0 Å². The Morgan fingerprint density at radius 1 is 1.21 bits per heavy atom. The summed E-state index contributed by atoms with van der Waals surface area (Å²) in [5, 5.41) is 0. The molecule has 7 heteroatoms. The number of halogens is 4. The number of hydrogen-bond acceptors (Lipinski definition) is 2. The van der Waals surface area contributed by atoms with Crippen LogP contribution in [-0.4, -0.2) is 16.2 Å². The summed E-state index contributed by atoms with van der Waals surface area (Å²) in [6.45, 7) is -2.93. The number of ether oxygens (including phenoxy) is 1. The van der Waals surface area contributed by atoms with Gasteiger partial charge >= 0.3 is 6.61 Å². The molecule has 2 atom stereocenters. The molecule has 0 aliphatic carbocycles. The Balaban J connectivity index is 1.89. The Morgan fingerprint density at radius 2 is 2.00 bits per heavy atom. The van der Waals surface area contributed by atoms with E-state index < -0.39 is 18.8 Å². The van der Waals surface area contributed by atoms with E-state index in [1.165, 1.54) is 6.07 Å². The van der Waals surface area contributed by atoms with E-state index in [2.05, 4.69) is 25.7 Å². The highest BCUT2D eigenvalue weighted by Crippen LogP contribution is 2.45. The van der Waals surface area contributed by atoms with Crippen LogP contribution in [0.5, 0.6) is 5.75 Å². The minimum Gasteiger partial charge on any atom is -0.434 e. The van der Waals surface area contributed by atoms with Crippen molar-refractivity contribution >= 4 is 27.0 Å². The van der Waals surface area contributed by atoms with Crippen LogP contribution in [0.3, 0.4) is 0 Å². The molecule has 3 aromatic rings. The molecular weight excluding hydrogens is 385 g/mol. The number of benzene rings is 2. The van der Waals surface area contributed by atoms with Gasteiger partial charge in [-0.25, -0.2) is 9.37 Å². The van der Waals surface area contributed by atoms with Crippen LogP contribution >= 0.6 is 15.9 Å². The molecule has 4 rings (SSSR count). The highest BCUT2D eigenvalue weighted by atomic mass is 79.9. The monoisotopic (exact) mass is 396 g/mol. The van der Waals surface area contributed by atoms with Gasteiger partial charge in [0.2, 0.25) is 0 Å². The zero-order chi connectivity index (χ0) is 16.8. The van der Waals surface area contributed by atoms with Gasteiger partial charge in [0.25, 0.3) is 0 Å². The predicted octanol–water partition coefficient (Wildman–Crippen LogP) is 5.40. The lowest BCUT2D eigenvalue weighted by atomic mass is 10.0. The lowest BCUT2D eigenvalue weighted by molar-refractivity contribution is -0.0507. The van der Waals surface area contributed by atoms with Gasteiger partial charge in [0, 0.05) is 16.5 Å². The molecule has 0 unspecified atom stereocenters. The SMILES string of the molecule is FC(F)Oc1ccccc1[C@H]1C[C@@H](F)c2nc3ccc(Br)cc3n21. The zero-order valence-electron chi connectivity index (χ0n) is 12.3. The molecule has 0 bridgehead atoms. The summed E-state index contributed by atoms with van der Waals surface area (Å²) in [6.07, 6.45) is -1.10. The molecule has 0 radical (unpaired) electrons. The van der Waals surface area contributed by atoms with Gasteiger partial charge in [-0.15, -0.1) is 0 Å². The number of aromatic nitrogens is 2. The van der Waals surface area contributed by atoms with E-state index in [-0.39, 0.29) is 12.2 Å². The van der Waals surface area contributed by atoms with Crippen LogP contribution in [0.4, 0.5) is 13.2 Å². The summed E-state index contributed by atoms with van der Waals surface area (Å²) in [6, 6.07) is 11.6. The van der Waals surface area contributed by atoms with E-state index in [0.717, 1.165) is 9.99 Å². The second-order valence-corrected chi connectivity index (χ2v) is 6.52. The molecule has 1 aliphatic heterocycles. The van der Waals surface area contributed by atoms with Gasteiger partial charge in [-0.2, -0.15) is 8.78 Å². The summed E-state index contributed by atoms with van der Waals surface area (Å²) in [4.78, 5) is 4.36. The number of hydrogen-bond donors (Lipinski definition) is 0. The third-order valence-electron chi connectivity index (χ3n) is 4.19. The molecule has 0 fully saturated rings. The van der Waals surface area contributed by atoms with Gasteiger partial charge in [0.05, 0.1) is 17.1 Å². The number of para-hydroxylation sites is 1. The van der Waals surface area contributed by atoms with Crippen LogP contribution in [0.15, 0.2) is 46.9 Å². The summed E-state index contributed by atoms with van der Waals surface area (Å²) >= 11 is 3.41. The van der Waals surface area contributed by atoms with Gasteiger partial charge in [0.1, 0.15) is 11.6 Å². The molecule has 2 aromatic carbocycles. The van der Waals surface area contributed by atoms with Gasteiger partial charge < -0.3 is 9.30 Å². The van der Waals surface area contributed by atoms with Crippen molar-refractivity contribution in [1.82, 2.24) is 9.55 Å². The van der Waals surface area contributed by atoms with Crippen LogP contribution in [0, 0.1) is 0 Å². The molecule has 0 spiro atoms. The Labute approximate surface area is 144 Å². The number of rotatable bonds is 3. The van der Waals surface area contributed by atoms with Gasteiger partial charge in [0.15, 0.2) is 6.17 Å². The summed E-state index contributed by atoms with van der Waals surface area (Å²) in [7, 11) is 0. The van der Waals surface area contributed by atoms with Gasteiger partial charge in [-0.05, 0) is 24.3 Å². The van der Waals surface area contributed by atoms with Crippen molar-refractivity contribution in [3.8, 4) is 5.75 Å². The topological polar surface area (TPSA) is 27.1 Å². The number of alkyl halides is 3. The number of nitrogens with zero attached hydrogens (tertiary/aromatic N) is 2. The third-order valence-corrected chi connectivity index (χ3v) is 4.69. The summed E-state index contributed by atoms with van der Waals surface area (Å²) in [5.74, 6) is 0.384. The standard InChI is InChI=1S/C17H12BrF3N2O/c18-9-5-6-12-14(7-9)23-13(8-11(19)16(23)22-12)10-3-1-2-4-15(10)24-17(20)21/h1-7,11,13,17H,8H2/t11-,13-/m1/s1. The van der Waals surface area contributed by atoms with Crippen molar-refractivity contribution in [3.05, 3.63) is 58.3 Å². The number of imidazole rings is 1. The normalized spacial score (nSPS) is 19.9. The molecule has 0 saturated carbocycles. The second-order valence-electron chi connectivity index (χ2n) is 5.61. The Kier molecular flexibility index (Phi) is 3.75. The minimum absolute atomic E-state index is 0.0643. The number of fused-ring (bicyclic) bond motifs is 3. The lowest BCUT2D eigenvalue weighted by Crippen LogP contribution is -2.10. The smallest absolute Gasteiger partial charge is 0.387 e. The molecule has 24 heavy (non-hydrogen) atoms. The van der Waals surface area contributed by atoms with E-state index in [0.29, 0.717) is 16.9 Å². The molecule has 0 amide bonds. The molecule has 124 valence electrons. The van der Waals surface area contributed by atoms with Crippen LogP contribution in [0.1, 0.15) is 30.0 Å². The zero-order valence-corrected chi connectivity index (χ0v) is 13.9. The third kappa shape index (κ3) is 2.47. The Morgan fingerprint density at radius 3 is 2.79 bits per heavy atom. The quantitative estimate of drug-likeness (QED) is 0.592. The fourth-order valence-electron chi connectivity index (χ4n) is 3.27. The van der Waals surface area contributed by atoms with Crippen molar-refractivity contribution in [2.75, 3.05) is 0 Å². The van der Waals surface area contributed by atoms with E-state index in [1.54, 1.807) is 28.8 Å². The van der Waals surface area contributed by atoms with E-state index >= 15 is 0 Å². The molecule has 1 aromatic heterocycles. The minimum atomic E-state index is -2.93. The molecular formula is C17H12BrF3N2O. The van der Waals surface area contributed by atoms with Crippen LogP contribution in [0.2, 0.25) is 0 Å². The second kappa shape index (κ2) is 5.81. The maximum Gasteiger partial charge on any atom is 0.387 e. The fourth-order valence-corrected chi connectivity index (χ4v) is 3.61. The fraction of sp³-hybridized carbons (Fsp3) is 0.235. The van der Waals surface area contributed by atoms with E-state index in [4.69, 9.17) is 0 Å². The molecule has 2 heterocycles. The maximum atomic E-state index is 14.5. The van der Waals surface area contributed by atoms with Crippen molar-refractivity contribution in [2.45, 2.75) is 25.2 Å².